The number of hydrogen-bond acceptors (Lipinski definition) is 2. The number of allylic oxidation sites excluding steroid dienone is 1. The SMILES string of the molecule is CCCC=C(c1cccc(N)c1)c1cccc(N)c1. The van der Waals surface area contributed by atoms with Crippen LogP contribution in [0.15, 0.2) is 54.6 Å². The molecule has 2 nitrogen and oxygen atoms in total. The summed E-state index contributed by atoms with van der Waals surface area (Å²) in [6.07, 6.45) is 4.41. The highest BCUT2D eigenvalue weighted by atomic mass is 14.5. The summed E-state index contributed by atoms with van der Waals surface area (Å²) >= 11 is 0. The van der Waals surface area contributed by atoms with Crippen molar-refractivity contribution < 1.29 is 0 Å². The second kappa shape index (κ2) is 6.10. The lowest BCUT2D eigenvalue weighted by Crippen LogP contribution is -1.93. The predicted molar refractivity (Wildman–Crippen MR) is 83.7 cm³/mol. The van der Waals surface area contributed by atoms with Crippen LogP contribution in [0.2, 0.25) is 0 Å². The van der Waals surface area contributed by atoms with Gasteiger partial charge >= 0.3 is 0 Å². The zero-order valence-corrected chi connectivity index (χ0v) is 11.3. The highest BCUT2D eigenvalue weighted by Crippen LogP contribution is 2.26. The Morgan fingerprint density at radius 2 is 1.47 bits per heavy atom. The molecule has 0 aliphatic carbocycles. The molecule has 98 valence electrons. The highest BCUT2D eigenvalue weighted by Gasteiger charge is 2.05. The Bertz CT molecular complexity index is 538. The molecule has 0 spiro atoms. The van der Waals surface area contributed by atoms with Crippen LogP contribution in [0.3, 0.4) is 0 Å². The van der Waals surface area contributed by atoms with E-state index in [0.717, 1.165) is 35.3 Å². The summed E-state index contributed by atoms with van der Waals surface area (Å²) in [7, 11) is 0. The molecule has 0 aromatic heterocycles. The molecule has 0 unspecified atom stereocenters. The Hall–Kier alpha value is -2.22. The van der Waals surface area contributed by atoms with Gasteiger partial charge in [-0.1, -0.05) is 43.7 Å². The molecule has 0 atom stereocenters. The van der Waals surface area contributed by atoms with E-state index < -0.39 is 0 Å². The molecule has 19 heavy (non-hydrogen) atoms. The Kier molecular flexibility index (Phi) is 4.24. The lowest BCUT2D eigenvalue weighted by atomic mass is 9.96. The van der Waals surface area contributed by atoms with Gasteiger partial charge in [-0.05, 0) is 47.4 Å². The summed E-state index contributed by atoms with van der Waals surface area (Å²) in [5.74, 6) is 0. The number of hydrogen-bond donors (Lipinski definition) is 2. The number of benzene rings is 2. The standard InChI is InChI=1S/C17H20N2/c1-2-3-10-17(13-6-4-8-15(18)11-13)14-7-5-9-16(19)12-14/h4-12H,2-3,18-19H2,1H3. The third-order valence-electron chi connectivity index (χ3n) is 3.03. The molecule has 0 aliphatic heterocycles. The number of nitrogen functional groups attached to an aromatic ring is 2. The molecule has 0 amide bonds. The molecule has 0 saturated carbocycles. The van der Waals surface area contributed by atoms with Crippen molar-refractivity contribution in [1.82, 2.24) is 0 Å². The first-order valence-corrected chi connectivity index (χ1v) is 6.62. The van der Waals surface area contributed by atoms with Crippen LogP contribution < -0.4 is 11.5 Å². The van der Waals surface area contributed by atoms with Crippen LogP contribution in [0, 0.1) is 0 Å². The zero-order valence-electron chi connectivity index (χ0n) is 11.3. The Balaban J connectivity index is 2.48. The minimum atomic E-state index is 0.781. The summed E-state index contributed by atoms with van der Waals surface area (Å²) in [6, 6.07) is 15.9. The van der Waals surface area contributed by atoms with E-state index in [-0.39, 0.29) is 0 Å². The molecule has 0 heterocycles. The van der Waals surface area contributed by atoms with E-state index in [1.54, 1.807) is 0 Å². The summed E-state index contributed by atoms with van der Waals surface area (Å²) < 4.78 is 0. The quantitative estimate of drug-likeness (QED) is 0.805. The van der Waals surface area contributed by atoms with Gasteiger partial charge in [-0.15, -0.1) is 0 Å². The lowest BCUT2D eigenvalue weighted by Gasteiger charge is -2.10. The molecule has 0 fully saturated rings. The molecule has 2 aromatic carbocycles. The number of anilines is 2. The molecule has 2 aromatic rings. The van der Waals surface area contributed by atoms with Crippen molar-refractivity contribution >= 4 is 16.9 Å². The molecular weight excluding hydrogens is 232 g/mol. The van der Waals surface area contributed by atoms with Gasteiger partial charge in [0.25, 0.3) is 0 Å². The first-order valence-electron chi connectivity index (χ1n) is 6.62. The average Bonchev–Trinajstić information content (AvgIpc) is 2.39. The molecule has 4 N–H and O–H groups in total. The third kappa shape index (κ3) is 3.38. The highest BCUT2D eigenvalue weighted by molar-refractivity contribution is 5.82. The Morgan fingerprint density at radius 3 is 1.89 bits per heavy atom. The molecular formula is C17H20N2. The molecule has 0 saturated heterocycles. The normalized spacial score (nSPS) is 10.2. The van der Waals surface area contributed by atoms with Crippen molar-refractivity contribution in [2.24, 2.45) is 0 Å². The summed E-state index contributed by atoms with van der Waals surface area (Å²) in [6.45, 7) is 2.17. The van der Waals surface area contributed by atoms with Crippen molar-refractivity contribution in [2.45, 2.75) is 19.8 Å². The van der Waals surface area contributed by atoms with E-state index in [9.17, 15) is 0 Å². The second-order valence-electron chi connectivity index (χ2n) is 4.66. The number of rotatable bonds is 4. The third-order valence-corrected chi connectivity index (χ3v) is 3.03. The van der Waals surface area contributed by atoms with Gasteiger partial charge in [0, 0.05) is 11.4 Å². The van der Waals surface area contributed by atoms with Gasteiger partial charge in [0.1, 0.15) is 0 Å². The van der Waals surface area contributed by atoms with Crippen molar-refractivity contribution in [3.63, 3.8) is 0 Å². The maximum atomic E-state index is 5.88. The van der Waals surface area contributed by atoms with Crippen LogP contribution in [0.1, 0.15) is 30.9 Å². The summed E-state index contributed by atoms with van der Waals surface area (Å²) in [5.41, 5.74) is 16.8. The number of unbranched alkanes of at least 4 members (excludes halogenated alkanes) is 1. The monoisotopic (exact) mass is 252 g/mol. The van der Waals surface area contributed by atoms with Gasteiger partial charge in [0.05, 0.1) is 0 Å². The Morgan fingerprint density at radius 1 is 0.947 bits per heavy atom. The maximum Gasteiger partial charge on any atom is 0.0320 e. The van der Waals surface area contributed by atoms with E-state index >= 15 is 0 Å². The number of nitrogens with two attached hydrogens (primary N) is 2. The van der Waals surface area contributed by atoms with Gasteiger partial charge in [-0.2, -0.15) is 0 Å². The van der Waals surface area contributed by atoms with Gasteiger partial charge in [-0.3, -0.25) is 0 Å². The second-order valence-corrected chi connectivity index (χ2v) is 4.66. The largest absolute Gasteiger partial charge is 0.399 e. The van der Waals surface area contributed by atoms with Crippen LogP contribution in [-0.4, -0.2) is 0 Å². The van der Waals surface area contributed by atoms with Crippen LogP contribution in [0.4, 0.5) is 11.4 Å². The van der Waals surface area contributed by atoms with Crippen molar-refractivity contribution in [2.75, 3.05) is 11.5 Å². The first-order chi connectivity index (χ1) is 9.20. The first kappa shape index (κ1) is 13.2. The van der Waals surface area contributed by atoms with Crippen LogP contribution in [0.25, 0.3) is 5.57 Å². The maximum absolute atomic E-state index is 5.88. The van der Waals surface area contributed by atoms with Crippen LogP contribution >= 0.6 is 0 Å². The van der Waals surface area contributed by atoms with E-state index in [1.165, 1.54) is 5.57 Å². The van der Waals surface area contributed by atoms with Gasteiger partial charge in [-0.25, -0.2) is 0 Å². The van der Waals surface area contributed by atoms with E-state index in [4.69, 9.17) is 11.5 Å². The minimum absolute atomic E-state index is 0.781. The molecule has 0 bridgehead atoms. The Labute approximate surface area is 114 Å². The van der Waals surface area contributed by atoms with Crippen LogP contribution in [-0.2, 0) is 0 Å². The molecule has 2 heteroatoms. The fourth-order valence-electron chi connectivity index (χ4n) is 2.10. The molecule has 2 rings (SSSR count). The van der Waals surface area contributed by atoms with E-state index in [1.807, 2.05) is 36.4 Å². The predicted octanol–water partition coefficient (Wildman–Crippen LogP) is 4.08. The smallest absolute Gasteiger partial charge is 0.0320 e. The lowest BCUT2D eigenvalue weighted by molar-refractivity contribution is 0.960. The van der Waals surface area contributed by atoms with Gasteiger partial charge in [0.15, 0.2) is 0 Å². The van der Waals surface area contributed by atoms with Crippen molar-refractivity contribution in [1.29, 1.82) is 0 Å². The summed E-state index contributed by atoms with van der Waals surface area (Å²) in [5, 5.41) is 0. The van der Waals surface area contributed by atoms with E-state index in [2.05, 4.69) is 25.1 Å². The minimum Gasteiger partial charge on any atom is -0.399 e. The molecule has 0 radical (unpaired) electrons. The molecule has 0 aliphatic rings. The topological polar surface area (TPSA) is 52.0 Å². The van der Waals surface area contributed by atoms with E-state index in [0.29, 0.717) is 0 Å². The van der Waals surface area contributed by atoms with Crippen molar-refractivity contribution in [3.05, 3.63) is 65.7 Å². The fraction of sp³-hybridized carbons (Fsp3) is 0.176. The summed E-state index contributed by atoms with van der Waals surface area (Å²) in [4.78, 5) is 0. The van der Waals surface area contributed by atoms with Gasteiger partial charge < -0.3 is 11.5 Å². The fourth-order valence-corrected chi connectivity index (χ4v) is 2.10. The zero-order chi connectivity index (χ0) is 13.7. The van der Waals surface area contributed by atoms with Crippen molar-refractivity contribution in [3.8, 4) is 0 Å². The average molecular weight is 252 g/mol. The van der Waals surface area contributed by atoms with Crippen LogP contribution in [0.5, 0.6) is 0 Å². The van der Waals surface area contributed by atoms with Gasteiger partial charge in [0.2, 0.25) is 0 Å².